The van der Waals surface area contributed by atoms with Gasteiger partial charge in [-0.1, -0.05) is 23.7 Å². The molecule has 0 atom stereocenters. The average Bonchev–Trinajstić information content (AvgIpc) is 2.92. The molecule has 0 bridgehead atoms. The van der Waals surface area contributed by atoms with Gasteiger partial charge < -0.3 is 4.98 Å². The Balaban J connectivity index is 1.94. The first-order valence-electron chi connectivity index (χ1n) is 6.88. The number of benzene rings is 1. The molecule has 0 unspecified atom stereocenters. The van der Waals surface area contributed by atoms with E-state index in [-0.39, 0.29) is 5.56 Å². The van der Waals surface area contributed by atoms with E-state index in [0.717, 1.165) is 21.3 Å². The minimum atomic E-state index is -0.0956. The number of halogens is 1. The highest BCUT2D eigenvalue weighted by molar-refractivity contribution is 7.71. The zero-order valence-electron chi connectivity index (χ0n) is 11.7. The second-order valence-corrected chi connectivity index (χ2v) is 6.93. The van der Waals surface area contributed by atoms with Crippen LogP contribution in [0, 0.1) is 4.77 Å². The molecule has 0 amide bonds. The highest BCUT2D eigenvalue weighted by atomic mass is 35.5. The number of nitrogens with zero attached hydrogens (tertiary/aromatic N) is 2. The summed E-state index contributed by atoms with van der Waals surface area (Å²) >= 11 is 12.7. The molecule has 1 aromatic carbocycles. The van der Waals surface area contributed by atoms with Crippen molar-refractivity contribution < 1.29 is 0 Å². The number of thiophene rings is 1. The van der Waals surface area contributed by atoms with Crippen molar-refractivity contribution in [3.05, 3.63) is 68.3 Å². The predicted molar refractivity (Wildman–Crippen MR) is 97.1 cm³/mol. The number of hydrogen-bond acceptors (Lipinski definition) is 4. The Hall–Kier alpha value is -2.02. The summed E-state index contributed by atoms with van der Waals surface area (Å²) in [6, 6.07) is 11.2. The topological polar surface area (TPSA) is 50.7 Å². The molecule has 23 heavy (non-hydrogen) atoms. The molecule has 3 aromatic heterocycles. The van der Waals surface area contributed by atoms with Crippen LogP contribution in [0.25, 0.3) is 20.4 Å². The second kappa shape index (κ2) is 5.56. The van der Waals surface area contributed by atoms with Gasteiger partial charge in [0.05, 0.1) is 12.1 Å². The maximum Gasteiger partial charge on any atom is 0.272 e. The summed E-state index contributed by atoms with van der Waals surface area (Å²) in [5.41, 5.74) is 1.64. The van der Waals surface area contributed by atoms with Crippen molar-refractivity contribution in [3.63, 3.8) is 0 Å². The number of nitrogens with one attached hydrogen (secondary N) is 1. The first-order valence-corrected chi connectivity index (χ1v) is 8.48. The van der Waals surface area contributed by atoms with E-state index in [9.17, 15) is 4.79 Å². The SMILES string of the molecule is O=c1c2sc3ncccc3c2[nH]c(=S)n1Cc1ccc(Cl)cc1. The monoisotopic (exact) mass is 359 g/mol. The third-order valence-electron chi connectivity index (χ3n) is 3.64. The number of rotatable bonds is 2. The van der Waals surface area contributed by atoms with Gasteiger partial charge in [-0.25, -0.2) is 4.98 Å². The molecule has 7 heteroatoms. The van der Waals surface area contributed by atoms with Gasteiger partial charge in [-0.2, -0.15) is 0 Å². The standard InChI is InChI=1S/C16H10ClN3OS2/c17-10-5-3-9(4-6-10)8-20-15(21)13-12(19-16(20)22)11-2-1-7-18-14(11)23-13/h1-7H,8H2,(H,19,22). The maximum atomic E-state index is 12.8. The van der Waals surface area contributed by atoms with Crippen molar-refractivity contribution >= 4 is 55.6 Å². The van der Waals surface area contributed by atoms with Crippen molar-refractivity contribution in [1.82, 2.24) is 14.5 Å². The van der Waals surface area contributed by atoms with Gasteiger partial charge in [-0.05, 0) is 42.0 Å². The number of pyridine rings is 1. The zero-order chi connectivity index (χ0) is 16.0. The minimum Gasteiger partial charge on any atom is -0.330 e. The lowest BCUT2D eigenvalue weighted by Gasteiger charge is -2.06. The average molecular weight is 360 g/mol. The van der Waals surface area contributed by atoms with Crippen LogP contribution < -0.4 is 5.56 Å². The molecule has 0 aliphatic carbocycles. The molecule has 0 saturated carbocycles. The Bertz CT molecular complexity index is 1140. The van der Waals surface area contributed by atoms with E-state index >= 15 is 0 Å². The summed E-state index contributed by atoms with van der Waals surface area (Å²) in [4.78, 5) is 21.1. The van der Waals surface area contributed by atoms with Crippen molar-refractivity contribution in [2.45, 2.75) is 6.54 Å². The van der Waals surface area contributed by atoms with E-state index in [2.05, 4.69) is 9.97 Å². The third-order valence-corrected chi connectivity index (χ3v) is 5.31. The highest BCUT2D eigenvalue weighted by Crippen LogP contribution is 2.28. The lowest BCUT2D eigenvalue weighted by Crippen LogP contribution is -2.21. The summed E-state index contributed by atoms with van der Waals surface area (Å²) in [7, 11) is 0. The fraction of sp³-hybridized carbons (Fsp3) is 0.0625. The molecule has 1 N–H and O–H groups in total. The van der Waals surface area contributed by atoms with Gasteiger partial charge in [0.2, 0.25) is 0 Å². The normalized spacial score (nSPS) is 11.3. The molecule has 0 aliphatic rings. The summed E-state index contributed by atoms with van der Waals surface area (Å²) in [6.07, 6.45) is 1.72. The smallest absolute Gasteiger partial charge is 0.272 e. The van der Waals surface area contributed by atoms with Crippen LogP contribution >= 0.6 is 35.2 Å². The molecule has 4 nitrogen and oxygen atoms in total. The van der Waals surface area contributed by atoms with Crippen LogP contribution in [0.1, 0.15) is 5.56 Å². The Morgan fingerprint density at radius 2 is 2.04 bits per heavy atom. The van der Waals surface area contributed by atoms with E-state index in [1.807, 2.05) is 24.3 Å². The summed E-state index contributed by atoms with van der Waals surface area (Å²) < 4.78 is 2.61. The van der Waals surface area contributed by atoms with Crippen LogP contribution in [0.4, 0.5) is 0 Å². The molecule has 0 fully saturated rings. The molecule has 0 spiro atoms. The Morgan fingerprint density at radius 1 is 1.26 bits per heavy atom. The van der Waals surface area contributed by atoms with E-state index in [1.165, 1.54) is 11.3 Å². The van der Waals surface area contributed by atoms with Crippen LogP contribution in [0.5, 0.6) is 0 Å². The Morgan fingerprint density at radius 3 is 2.83 bits per heavy atom. The number of aromatic nitrogens is 3. The Labute approximate surface area is 145 Å². The van der Waals surface area contributed by atoms with E-state index < -0.39 is 0 Å². The fourth-order valence-corrected chi connectivity index (χ4v) is 3.94. The van der Waals surface area contributed by atoms with Gasteiger partial charge in [0.15, 0.2) is 4.77 Å². The fourth-order valence-electron chi connectivity index (χ4n) is 2.51. The molecular formula is C16H10ClN3OS2. The summed E-state index contributed by atoms with van der Waals surface area (Å²) in [5, 5.41) is 1.59. The van der Waals surface area contributed by atoms with Crippen molar-refractivity contribution in [2.75, 3.05) is 0 Å². The van der Waals surface area contributed by atoms with Crippen molar-refractivity contribution in [3.8, 4) is 0 Å². The maximum absolute atomic E-state index is 12.8. The third kappa shape index (κ3) is 2.49. The van der Waals surface area contributed by atoms with Crippen molar-refractivity contribution in [1.29, 1.82) is 0 Å². The van der Waals surface area contributed by atoms with Gasteiger partial charge in [0, 0.05) is 16.6 Å². The number of aromatic amines is 1. The van der Waals surface area contributed by atoms with E-state index in [4.69, 9.17) is 23.8 Å². The lowest BCUT2D eigenvalue weighted by molar-refractivity contribution is 0.736. The number of H-pyrrole nitrogens is 1. The quantitative estimate of drug-likeness (QED) is 0.541. The van der Waals surface area contributed by atoms with Crippen LogP contribution in [-0.4, -0.2) is 14.5 Å². The predicted octanol–water partition coefficient (Wildman–Crippen LogP) is 4.37. The van der Waals surface area contributed by atoms with E-state index in [1.54, 1.807) is 22.9 Å². The minimum absolute atomic E-state index is 0.0956. The molecule has 4 aromatic rings. The zero-order valence-corrected chi connectivity index (χ0v) is 14.1. The van der Waals surface area contributed by atoms with Gasteiger partial charge in [0.25, 0.3) is 5.56 Å². The van der Waals surface area contributed by atoms with Crippen LogP contribution in [-0.2, 0) is 6.54 Å². The molecule has 3 heterocycles. The summed E-state index contributed by atoms with van der Waals surface area (Å²) in [5.74, 6) is 0. The first-order chi connectivity index (χ1) is 11.1. The molecule has 4 rings (SSSR count). The van der Waals surface area contributed by atoms with Gasteiger partial charge in [-0.3, -0.25) is 9.36 Å². The van der Waals surface area contributed by atoms with Crippen LogP contribution in [0.3, 0.4) is 0 Å². The first kappa shape index (κ1) is 14.6. The molecular weight excluding hydrogens is 350 g/mol. The summed E-state index contributed by atoms with van der Waals surface area (Å²) in [6.45, 7) is 0.406. The van der Waals surface area contributed by atoms with E-state index in [0.29, 0.717) is 21.0 Å². The molecule has 0 radical (unpaired) electrons. The largest absolute Gasteiger partial charge is 0.330 e. The molecule has 0 saturated heterocycles. The Kier molecular flexibility index (Phi) is 3.52. The number of hydrogen-bond donors (Lipinski definition) is 1. The molecule has 114 valence electrons. The van der Waals surface area contributed by atoms with Gasteiger partial charge in [0.1, 0.15) is 9.53 Å². The van der Waals surface area contributed by atoms with Gasteiger partial charge in [-0.15, -0.1) is 11.3 Å². The van der Waals surface area contributed by atoms with Gasteiger partial charge >= 0.3 is 0 Å². The lowest BCUT2D eigenvalue weighted by atomic mass is 10.2. The molecule has 0 aliphatic heterocycles. The van der Waals surface area contributed by atoms with Crippen LogP contribution in [0.2, 0.25) is 5.02 Å². The highest BCUT2D eigenvalue weighted by Gasteiger charge is 2.12. The van der Waals surface area contributed by atoms with Crippen LogP contribution in [0.15, 0.2) is 47.4 Å². The van der Waals surface area contributed by atoms with Crippen molar-refractivity contribution in [2.24, 2.45) is 0 Å². The second-order valence-electron chi connectivity index (χ2n) is 5.11. The number of fused-ring (bicyclic) bond motifs is 3.